The van der Waals surface area contributed by atoms with Crippen LogP contribution in [0.5, 0.6) is 0 Å². The second kappa shape index (κ2) is 12.5. The molecule has 0 nitrogen and oxygen atoms in total. The van der Waals surface area contributed by atoms with Crippen LogP contribution >= 0.6 is 0 Å². The van der Waals surface area contributed by atoms with Gasteiger partial charge in [-0.1, -0.05) is 0 Å². The summed E-state index contributed by atoms with van der Waals surface area (Å²) in [7, 11) is 0. The molecule has 0 aliphatic heterocycles. The molecule has 7 aliphatic rings. The topological polar surface area (TPSA) is 0 Å². The minimum absolute atomic E-state index is 0. The minimum Gasteiger partial charge on any atom is -1.00 e. The second-order valence-electron chi connectivity index (χ2n) is 18.3. The van der Waals surface area contributed by atoms with E-state index in [4.69, 9.17) is 0 Å². The Morgan fingerprint density at radius 1 is 0.674 bits per heavy atom. The van der Waals surface area contributed by atoms with Gasteiger partial charge < -0.3 is 24.8 Å². The van der Waals surface area contributed by atoms with Crippen molar-refractivity contribution < 1.29 is 46.1 Å². The monoisotopic (exact) mass is 732 g/mol. The molecule has 0 spiro atoms. The fourth-order valence-corrected chi connectivity index (χ4v) is 21.9. The molecule has 2 aromatic rings. The third-order valence-electron chi connectivity index (χ3n) is 13.1. The van der Waals surface area contributed by atoms with Crippen molar-refractivity contribution in [2.45, 2.75) is 134 Å². The summed E-state index contributed by atoms with van der Waals surface area (Å²) in [6.45, 7) is 16.9. The van der Waals surface area contributed by atoms with E-state index in [0.717, 1.165) is 17.8 Å². The molecule has 0 N–H and O–H groups in total. The van der Waals surface area contributed by atoms with Crippen LogP contribution in [0.4, 0.5) is 0 Å². The molecule has 2 aromatic carbocycles. The number of hydrogen-bond acceptors (Lipinski definition) is 0. The molecule has 0 heterocycles. The molecule has 5 saturated carbocycles. The summed E-state index contributed by atoms with van der Waals surface area (Å²) in [6.07, 6.45) is 21.7. The van der Waals surface area contributed by atoms with Gasteiger partial charge in [0.1, 0.15) is 0 Å². The van der Waals surface area contributed by atoms with Crippen molar-refractivity contribution in [2.24, 2.45) is 29.1 Å². The summed E-state index contributed by atoms with van der Waals surface area (Å²) in [6, 6.07) is 15.5. The van der Waals surface area contributed by atoms with Gasteiger partial charge in [0.25, 0.3) is 0 Å². The molecule has 9 rings (SSSR count). The number of rotatable bonds is 3. The van der Waals surface area contributed by atoms with Gasteiger partial charge in [0.2, 0.25) is 0 Å². The van der Waals surface area contributed by atoms with Gasteiger partial charge in [-0.15, -0.1) is 0 Å². The van der Waals surface area contributed by atoms with E-state index in [-0.39, 0.29) is 35.6 Å². The summed E-state index contributed by atoms with van der Waals surface area (Å²) in [5, 5.41) is 0. The summed E-state index contributed by atoms with van der Waals surface area (Å²) >= 11 is -2.38. The predicted octanol–water partition coefficient (Wildman–Crippen LogP) is 5.79. The molecular formula is C43H56Cl2Zr. The molecule has 5 fully saturated rings. The maximum absolute atomic E-state index is 2.74. The molecule has 3 heteroatoms. The van der Waals surface area contributed by atoms with Crippen LogP contribution < -0.4 is 24.8 Å². The van der Waals surface area contributed by atoms with E-state index < -0.39 is 21.3 Å². The largest absolute Gasteiger partial charge is 1.00 e. The average Bonchev–Trinajstić information content (AvgIpc) is 3.50. The minimum atomic E-state index is -2.38. The van der Waals surface area contributed by atoms with Crippen LogP contribution in [0, 0.1) is 29.1 Å². The van der Waals surface area contributed by atoms with Crippen molar-refractivity contribution in [3.63, 3.8) is 0 Å². The standard InChI is InChI=1S/C21H25.C16H21.C6H10.2ClH.Zr/c1-20(2,3)16-9-7-14-11-15-8-10-17(21(4,5)6)13-19(15)18(14)12-16;1-11-2-3-15(4-11)16-8-12-5-13(9-16)7-14(6-12)10-16;1-2-4-6-5-3-1;;;/h7-13H,1-6H3;2-3,11-14H,5-10H2,1H3;1-5H2;2*1H;/q;;;;;+2/p-2. The summed E-state index contributed by atoms with van der Waals surface area (Å²) in [5.41, 5.74) is 12.3. The Morgan fingerprint density at radius 2 is 1.15 bits per heavy atom. The van der Waals surface area contributed by atoms with E-state index in [9.17, 15) is 0 Å². The van der Waals surface area contributed by atoms with Crippen LogP contribution in [0.15, 0.2) is 57.4 Å². The molecule has 0 radical (unpaired) electrons. The maximum atomic E-state index is 2.74. The Balaban J connectivity index is 0.00000186. The number of halogens is 2. The zero-order valence-electron chi connectivity index (χ0n) is 29.5. The Labute approximate surface area is 300 Å². The average molecular weight is 735 g/mol. The van der Waals surface area contributed by atoms with Crippen molar-refractivity contribution >= 4 is 3.21 Å². The van der Waals surface area contributed by atoms with Crippen LogP contribution in [0.1, 0.15) is 145 Å². The fourth-order valence-electron chi connectivity index (χ4n) is 11.3. The van der Waals surface area contributed by atoms with Crippen LogP contribution in [0.2, 0.25) is 0 Å². The molecule has 0 aromatic heterocycles. The third-order valence-corrected chi connectivity index (χ3v) is 22.3. The molecule has 4 bridgehead atoms. The quantitative estimate of drug-likeness (QED) is 0.375. The van der Waals surface area contributed by atoms with E-state index >= 15 is 0 Å². The SMILES string of the molecule is CC1C=CC(C23CC4CC(CC(C4)C2)C3)=[C]1[Zr+2](=[C]1CCCCC1)[CH]1c2ccc(C(C)(C)C)cc2-c2cc(C(C)(C)C)ccc21.[Cl-].[Cl-]. The van der Waals surface area contributed by atoms with Gasteiger partial charge in [0.15, 0.2) is 0 Å². The molecule has 7 aliphatic carbocycles. The first-order valence-electron chi connectivity index (χ1n) is 18.4. The number of benzene rings is 2. The third kappa shape index (κ3) is 5.81. The predicted molar refractivity (Wildman–Crippen MR) is 185 cm³/mol. The molecule has 46 heavy (non-hydrogen) atoms. The molecule has 246 valence electrons. The fraction of sp³-hybridized carbons (Fsp3) is 0.605. The summed E-state index contributed by atoms with van der Waals surface area (Å²) < 4.78 is 4.77. The normalized spacial score (nSPS) is 29.7. The first-order chi connectivity index (χ1) is 20.9. The van der Waals surface area contributed by atoms with Crippen molar-refractivity contribution in [2.75, 3.05) is 0 Å². The van der Waals surface area contributed by atoms with Crippen molar-refractivity contribution in [1.29, 1.82) is 0 Å². The van der Waals surface area contributed by atoms with E-state index in [1.54, 1.807) is 41.5 Å². The van der Waals surface area contributed by atoms with Gasteiger partial charge in [-0.2, -0.15) is 0 Å². The zero-order valence-corrected chi connectivity index (χ0v) is 33.5. The number of hydrogen-bond donors (Lipinski definition) is 0. The van der Waals surface area contributed by atoms with Crippen molar-refractivity contribution in [1.82, 2.24) is 0 Å². The Morgan fingerprint density at radius 3 is 1.61 bits per heavy atom. The van der Waals surface area contributed by atoms with Gasteiger partial charge >= 0.3 is 278 Å². The molecule has 0 amide bonds. The van der Waals surface area contributed by atoms with Gasteiger partial charge in [0, 0.05) is 0 Å². The molecule has 0 saturated heterocycles. The maximum Gasteiger partial charge on any atom is -1.00 e. The van der Waals surface area contributed by atoms with Gasteiger partial charge in [-0.05, 0) is 0 Å². The second-order valence-corrected chi connectivity index (χ2v) is 24.8. The summed E-state index contributed by atoms with van der Waals surface area (Å²) in [4.78, 5) is 0. The molecule has 1 atom stereocenters. The van der Waals surface area contributed by atoms with Crippen molar-refractivity contribution in [3.05, 3.63) is 79.7 Å². The van der Waals surface area contributed by atoms with E-state index in [1.807, 2.05) is 5.57 Å². The van der Waals surface area contributed by atoms with Gasteiger partial charge in [-0.25, -0.2) is 0 Å². The molecular weight excluding hydrogens is 679 g/mol. The van der Waals surface area contributed by atoms with Crippen LogP contribution in [0.3, 0.4) is 0 Å². The zero-order chi connectivity index (χ0) is 30.6. The summed E-state index contributed by atoms with van der Waals surface area (Å²) in [5.74, 6) is 3.66. The van der Waals surface area contributed by atoms with E-state index in [1.165, 1.54) is 62.5 Å². The smallest absolute Gasteiger partial charge is 1.00 e. The first-order valence-corrected chi connectivity index (χ1v) is 22.2. The first kappa shape index (κ1) is 35.1. The Hall–Kier alpha value is -0.747. The Bertz CT molecular complexity index is 1500. The van der Waals surface area contributed by atoms with Crippen LogP contribution in [-0.2, 0) is 32.1 Å². The molecule has 1 unspecified atom stereocenters. The van der Waals surface area contributed by atoms with Gasteiger partial charge in [-0.3, -0.25) is 0 Å². The van der Waals surface area contributed by atoms with Gasteiger partial charge in [0.05, 0.1) is 0 Å². The number of fused-ring (bicyclic) bond motifs is 3. The van der Waals surface area contributed by atoms with Crippen molar-refractivity contribution in [3.8, 4) is 11.1 Å². The van der Waals surface area contributed by atoms with Crippen LogP contribution in [0.25, 0.3) is 11.1 Å². The Kier molecular flexibility index (Phi) is 9.57. The number of allylic oxidation sites excluding steroid dienone is 4. The van der Waals surface area contributed by atoms with Crippen LogP contribution in [-0.4, -0.2) is 3.21 Å². The van der Waals surface area contributed by atoms with E-state index in [0.29, 0.717) is 15.0 Å². The van der Waals surface area contributed by atoms with E-state index in [2.05, 4.69) is 104 Å².